The second kappa shape index (κ2) is 3.65. The van der Waals surface area contributed by atoms with Gasteiger partial charge in [-0.15, -0.1) is 0 Å². The minimum Gasteiger partial charge on any atom is -0.494 e. The van der Waals surface area contributed by atoms with E-state index in [1.165, 1.54) is 0 Å². The first-order chi connectivity index (χ1) is 9.34. The van der Waals surface area contributed by atoms with Gasteiger partial charge < -0.3 is 15.1 Å². The Kier molecular flexibility index (Phi) is 1.97. The van der Waals surface area contributed by atoms with Gasteiger partial charge in [-0.3, -0.25) is 0 Å². The van der Waals surface area contributed by atoms with Crippen molar-refractivity contribution in [1.82, 2.24) is 9.97 Å². The molecule has 19 heavy (non-hydrogen) atoms. The van der Waals surface area contributed by atoms with Crippen LogP contribution in [0.25, 0.3) is 32.8 Å². The molecular weight excluding hydrogens is 236 g/mol. The van der Waals surface area contributed by atoms with Crippen LogP contribution >= 0.6 is 0 Å². The zero-order valence-corrected chi connectivity index (χ0v) is 10.1. The number of hydrogen-bond acceptors (Lipinski definition) is 1. The number of rotatable bonds is 1. The molecule has 2 aromatic carbocycles. The molecule has 0 aliphatic heterocycles. The van der Waals surface area contributed by atoms with E-state index < -0.39 is 0 Å². The van der Waals surface area contributed by atoms with E-state index in [4.69, 9.17) is 0 Å². The highest BCUT2D eigenvalue weighted by atomic mass is 16.3. The van der Waals surface area contributed by atoms with Gasteiger partial charge in [0.05, 0.1) is 5.39 Å². The predicted molar refractivity (Wildman–Crippen MR) is 77.3 cm³/mol. The fourth-order valence-corrected chi connectivity index (χ4v) is 2.69. The predicted octanol–water partition coefficient (Wildman–Crippen LogP) is 4.02. The minimum absolute atomic E-state index is 0.218. The SMILES string of the molecule is Oc1[nH]cc2cccc(-c3c[nH]c4ccccc34)c12. The first-order valence-electron chi connectivity index (χ1n) is 6.20. The fraction of sp³-hybridized carbons (Fsp3) is 0. The second-order valence-corrected chi connectivity index (χ2v) is 4.66. The molecule has 0 bridgehead atoms. The van der Waals surface area contributed by atoms with Gasteiger partial charge in [0, 0.05) is 34.2 Å². The average Bonchev–Trinajstić information content (AvgIpc) is 3.03. The highest BCUT2D eigenvalue weighted by molar-refractivity contribution is 6.07. The number of H-pyrrole nitrogens is 2. The fourth-order valence-electron chi connectivity index (χ4n) is 2.69. The van der Waals surface area contributed by atoms with Crippen molar-refractivity contribution in [3.63, 3.8) is 0 Å². The summed E-state index contributed by atoms with van der Waals surface area (Å²) in [5, 5.41) is 13.0. The molecular formula is C16H12N2O. The van der Waals surface area contributed by atoms with Crippen LogP contribution in [0, 0.1) is 0 Å². The van der Waals surface area contributed by atoms with Crippen LogP contribution in [-0.2, 0) is 0 Å². The van der Waals surface area contributed by atoms with Crippen LogP contribution in [0.1, 0.15) is 0 Å². The Morgan fingerprint density at radius 1 is 0.789 bits per heavy atom. The van der Waals surface area contributed by atoms with Gasteiger partial charge in [-0.05, 0) is 11.6 Å². The van der Waals surface area contributed by atoms with Crippen molar-refractivity contribution >= 4 is 21.7 Å². The number of aromatic nitrogens is 2. The zero-order valence-electron chi connectivity index (χ0n) is 10.1. The third-order valence-corrected chi connectivity index (χ3v) is 3.58. The minimum atomic E-state index is 0.218. The Morgan fingerprint density at radius 2 is 1.68 bits per heavy atom. The van der Waals surface area contributed by atoms with Crippen LogP contribution in [0.3, 0.4) is 0 Å². The molecule has 3 nitrogen and oxygen atoms in total. The maximum absolute atomic E-state index is 10.00. The number of aromatic amines is 2. The summed E-state index contributed by atoms with van der Waals surface area (Å²) >= 11 is 0. The summed E-state index contributed by atoms with van der Waals surface area (Å²) in [6, 6.07) is 14.2. The maximum Gasteiger partial charge on any atom is 0.197 e. The molecule has 0 radical (unpaired) electrons. The number of nitrogens with one attached hydrogen (secondary N) is 2. The van der Waals surface area contributed by atoms with Gasteiger partial charge in [0.2, 0.25) is 0 Å². The van der Waals surface area contributed by atoms with E-state index >= 15 is 0 Å². The lowest BCUT2D eigenvalue weighted by molar-refractivity contribution is 0.463. The van der Waals surface area contributed by atoms with Crippen LogP contribution in [0.5, 0.6) is 5.88 Å². The summed E-state index contributed by atoms with van der Waals surface area (Å²) in [4.78, 5) is 6.14. The lowest BCUT2D eigenvalue weighted by atomic mass is 10.0. The lowest BCUT2D eigenvalue weighted by Gasteiger charge is -2.02. The molecule has 92 valence electrons. The molecule has 0 fully saturated rings. The normalized spacial score (nSPS) is 11.4. The monoisotopic (exact) mass is 248 g/mol. The summed E-state index contributed by atoms with van der Waals surface area (Å²) in [6.45, 7) is 0. The van der Waals surface area contributed by atoms with E-state index in [0.717, 1.165) is 32.8 Å². The van der Waals surface area contributed by atoms with Crippen molar-refractivity contribution < 1.29 is 5.11 Å². The van der Waals surface area contributed by atoms with Gasteiger partial charge in [0.25, 0.3) is 0 Å². The number of para-hydroxylation sites is 1. The Balaban J connectivity index is 2.12. The van der Waals surface area contributed by atoms with Crippen LogP contribution in [0.4, 0.5) is 0 Å². The zero-order chi connectivity index (χ0) is 12.8. The van der Waals surface area contributed by atoms with Crippen LogP contribution in [0.15, 0.2) is 54.9 Å². The number of benzene rings is 2. The Hall–Kier alpha value is -2.68. The van der Waals surface area contributed by atoms with Crippen molar-refractivity contribution in [1.29, 1.82) is 0 Å². The number of aromatic hydroxyl groups is 1. The molecule has 0 atom stereocenters. The molecule has 0 unspecified atom stereocenters. The molecule has 0 aliphatic carbocycles. The van der Waals surface area contributed by atoms with Gasteiger partial charge in [-0.25, -0.2) is 0 Å². The molecule has 4 rings (SSSR count). The molecule has 0 spiro atoms. The number of fused-ring (bicyclic) bond motifs is 2. The van der Waals surface area contributed by atoms with E-state index in [0.29, 0.717) is 0 Å². The lowest BCUT2D eigenvalue weighted by Crippen LogP contribution is -1.77. The van der Waals surface area contributed by atoms with Crippen LogP contribution in [0.2, 0.25) is 0 Å². The third-order valence-electron chi connectivity index (χ3n) is 3.58. The number of hydrogen-bond donors (Lipinski definition) is 3. The van der Waals surface area contributed by atoms with E-state index in [-0.39, 0.29) is 5.88 Å². The Labute approximate surface area is 109 Å². The molecule has 3 heteroatoms. The largest absolute Gasteiger partial charge is 0.494 e. The summed E-state index contributed by atoms with van der Waals surface area (Å²) < 4.78 is 0. The maximum atomic E-state index is 10.00. The van der Waals surface area contributed by atoms with Crippen molar-refractivity contribution in [2.75, 3.05) is 0 Å². The van der Waals surface area contributed by atoms with Crippen molar-refractivity contribution in [2.45, 2.75) is 0 Å². The van der Waals surface area contributed by atoms with Crippen LogP contribution < -0.4 is 0 Å². The van der Waals surface area contributed by atoms with Gasteiger partial charge in [-0.1, -0.05) is 36.4 Å². The molecule has 4 aromatic rings. The molecule has 0 amide bonds. The molecule has 0 saturated heterocycles. The summed E-state index contributed by atoms with van der Waals surface area (Å²) in [6.07, 6.45) is 3.81. The quantitative estimate of drug-likeness (QED) is 0.468. The van der Waals surface area contributed by atoms with Gasteiger partial charge >= 0.3 is 0 Å². The smallest absolute Gasteiger partial charge is 0.197 e. The average molecular weight is 248 g/mol. The summed E-state index contributed by atoms with van der Waals surface area (Å²) in [5.41, 5.74) is 3.24. The summed E-state index contributed by atoms with van der Waals surface area (Å²) in [7, 11) is 0. The summed E-state index contributed by atoms with van der Waals surface area (Å²) in [5.74, 6) is 0.218. The molecule has 2 aromatic heterocycles. The van der Waals surface area contributed by atoms with Crippen molar-refractivity contribution in [3.05, 3.63) is 54.9 Å². The molecule has 2 heterocycles. The highest BCUT2D eigenvalue weighted by Crippen LogP contribution is 2.37. The van der Waals surface area contributed by atoms with Crippen LogP contribution in [-0.4, -0.2) is 15.1 Å². The van der Waals surface area contributed by atoms with Crippen molar-refractivity contribution in [2.24, 2.45) is 0 Å². The Bertz CT molecular complexity index is 886. The van der Waals surface area contributed by atoms with Gasteiger partial charge in [0.15, 0.2) is 5.88 Å². The van der Waals surface area contributed by atoms with Crippen molar-refractivity contribution in [3.8, 4) is 17.0 Å². The van der Waals surface area contributed by atoms with Gasteiger partial charge in [-0.2, -0.15) is 0 Å². The molecule has 3 N–H and O–H groups in total. The second-order valence-electron chi connectivity index (χ2n) is 4.66. The van der Waals surface area contributed by atoms with E-state index in [2.05, 4.69) is 22.1 Å². The third kappa shape index (κ3) is 1.38. The molecule has 0 saturated carbocycles. The highest BCUT2D eigenvalue weighted by Gasteiger charge is 2.12. The van der Waals surface area contributed by atoms with Gasteiger partial charge in [0.1, 0.15) is 0 Å². The first kappa shape index (κ1) is 10.3. The Morgan fingerprint density at radius 3 is 2.63 bits per heavy atom. The van der Waals surface area contributed by atoms with E-state index in [9.17, 15) is 5.11 Å². The van der Waals surface area contributed by atoms with E-state index in [1.54, 1.807) is 0 Å². The van der Waals surface area contributed by atoms with E-state index in [1.807, 2.05) is 42.7 Å². The first-order valence-corrected chi connectivity index (χ1v) is 6.20. The standard InChI is InChI=1S/C16H12N2O/c19-16-15-10(8-18-16)4-3-6-12(15)13-9-17-14-7-2-1-5-11(13)14/h1-9,17-19H. The topological polar surface area (TPSA) is 51.8 Å². The molecule has 0 aliphatic rings.